The molecule has 1 aliphatic rings. The van der Waals surface area contributed by atoms with Crippen LogP contribution < -0.4 is 19.9 Å². The van der Waals surface area contributed by atoms with Gasteiger partial charge in [-0.2, -0.15) is 0 Å². The zero-order chi connectivity index (χ0) is 23.3. The van der Waals surface area contributed by atoms with Crippen LogP contribution in [0.3, 0.4) is 0 Å². The maximum atomic E-state index is 4.20. The molecule has 0 atom stereocenters. The molecule has 0 amide bonds. The van der Waals surface area contributed by atoms with E-state index in [9.17, 15) is 0 Å². The number of hydrogen-bond acceptors (Lipinski definition) is 2. The van der Waals surface area contributed by atoms with Gasteiger partial charge in [-0.3, -0.25) is 0 Å². The SMILES string of the molecule is Cc1cc(C)c([Si]2(c3c(C)cc(C)cc3C)Nc3ccccc3N2c2ccccc2)c(C)c1. The second-order valence-corrected chi connectivity index (χ2v) is 12.7. The lowest BCUT2D eigenvalue weighted by Crippen LogP contribution is -2.74. The molecular weight excluding hydrogens is 416 g/mol. The Balaban J connectivity index is 1.96. The van der Waals surface area contributed by atoms with Crippen molar-refractivity contribution >= 4 is 35.8 Å². The first-order valence-electron chi connectivity index (χ1n) is 11.7. The third-order valence-corrected chi connectivity index (χ3v) is 11.7. The molecule has 1 N–H and O–H groups in total. The summed E-state index contributed by atoms with van der Waals surface area (Å²) in [5.41, 5.74) is 11.8. The molecule has 4 aromatic rings. The number of fused-ring (bicyclic) bond motifs is 1. The predicted octanol–water partition coefficient (Wildman–Crippen LogP) is 6.36. The summed E-state index contributed by atoms with van der Waals surface area (Å²) in [5, 5.41) is 2.92. The molecule has 1 heterocycles. The van der Waals surface area contributed by atoms with Crippen molar-refractivity contribution in [3.05, 3.63) is 112 Å². The van der Waals surface area contributed by atoms with E-state index in [1.165, 1.54) is 60.8 Å². The highest BCUT2D eigenvalue weighted by Crippen LogP contribution is 2.43. The Morgan fingerprint density at radius 1 is 0.576 bits per heavy atom. The van der Waals surface area contributed by atoms with Gasteiger partial charge in [0.25, 0.3) is 0 Å². The van der Waals surface area contributed by atoms with E-state index in [2.05, 4.69) is 130 Å². The van der Waals surface area contributed by atoms with Gasteiger partial charge in [0.15, 0.2) is 0 Å². The van der Waals surface area contributed by atoms with Crippen LogP contribution in [-0.2, 0) is 0 Å². The Morgan fingerprint density at radius 2 is 1.03 bits per heavy atom. The van der Waals surface area contributed by atoms with E-state index in [4.69, 9.17) is 0 Å². The van der Waals surface area contributed by atoms with Crippen molar-refractivity contribution in [3.8, 4) is 0 Å². The Labute approximate surface area is 199 Å². The molecule has 33 heavy (non-hydrogen) atoms. The van der Waals surface area contributed by atoms with Crippen molar-refractivity contribution in [2.45, 2.75) is 41.5 Å². The Morgan fingerprint density at radius 3 is 1.55 bits per heavy atom. The summed E-state index contributed by atoms with van der Waals surface area (Å²) in [5.74, 6) is 0. The third kappa shape index (κ3) is 3.30. The fraction of sp³-hybridized carbons (Fsp3) is 0.200. The van der Waals surface area contributed by atoms with Gasteiger partial charge in [0, 0.05) is 5.69 Å². The second kappa shape index (κ2) is 7.93. The minimum absolute atomic E-state index is 1.21. The Bertz CT molecular complexity index is 1250. The molecule has 0 bridgehead atoms. The van der Waals surface area contributed by atoms with E-state index in [1.807, 2.05) is 0 Å². The molecule has 3 heteroatoms. The van der Waals surface area contributed by atoms with Gasteiger partial charge in [0.05, 0.1) is 11.4 Å². The second-order valence-electron chi connectivity index (χ2n) is 9.57. The number of aryl methyl sites for hydroxylation is 6. The topological polar surface area (TPSA) is 15.3 Å². The van der Waals surface area contributed by atoms with E-state index >= 15 is 0 Å². The lowest BCUT2D eigenvalue weighted by Gasteiger charge is -2.41. The standard InChI is InChI=1S/C30H32N2Si/c1-20-16-22(3)29(23(4)17-20)33(30-24(5)18-21(2)19-25(30)6)31-27-14-10-11-15-28(27)32(33)26-12-8-7-9-13-26/h7-19,31H,1-6H3. The maximum Gasteiger partial charge on any atom is 0.334 e. The summed E-state index contributed by atoms with van der Waals surface area (Å²) < 4.78 is 2.65. The maximum absolute atomic E-state index is 4.20. The molecule has 0 saturated heterocycles. The van der Waals surface area contributed by atoms with Crippen LogP contribution in [0.1, 0.15) is 33.4 Å². The normalized spacial score (nSPS) is 14.2. The molecule has 4 aromatic carbocycles. The van der Waals surface area contributed by atoms with Crippen LogP contribution in [-0.4, -0.2) is 8.40 Å². The van der Waals surface area contributed by atoms with E-state index in [0.717, 1.165) is 0 Å². The van der Waals surface area contributed by atoms with Crippen molar-refractivity contribution in [1.82, 2.24) is 0 Å². The average molecular weight is 449 g/mol. The van der Waals surface area contributed by atoms with Gasteiger partial charge in [0.1, 0.15) is 0 Å². The predicted molar refractivity (Wildman–Crippen MR) is 145 cm³/mol. The molecule has 166 valence electrons. The first-order valence-corrected chi connectivity index (χ1v) is 13.7. The zero-order valence-corrected chi connectivity index (χ0v) is 21.5. The zero-order valence-electron chi connectivity index (χ0n) is 20.5. The molecule has 0 spiro atoms. The van der Waals surface area contributed by atoms with Crippen LogP contribution in [0.5, 0.6) is 0 Å². The largest absolute Gasteiger partial charge is 0.385 e. The van der Waals surface area contributed by atoms with E-state index < -0.39 is 8.40 Å². The Hall–Kier alpha value is -3.30. The molecule has 0 aromatic heterocycles. The van der Waals surface area contributed by atoms with E-state index in [0.29, 0.717) is 0 Å². The van der Waals surface area contributed by atoms with Crippen molar-refractivity contribution in [2.75, 3.05) is 9.55 Å². The lowest BCUT2D eigenvalue weighted by atomic mass is 10.1. The summed E-state index contributed by atoms with van der Waals surface area (Å²) in [4.78, 5) is 4.20. The summed E-state index contributed by atoms with van der Waals surface area (Å²) in [7, 11) is -2.70. The van der Waals surface area contributed by atoms with Gasteiger partial charge in [-0.25, -0.2) is 0 Å². The number of hydrogen-bond donors (Lipinski definition) is 1. The highest BCUT2D eigenvalue weighted by atomic mass is 28.3. The smallest absolute Gasteiger partial charge is 0.334 e. The number of anilines is 3. The van der Waals surface area contributed by atoms with Gasteiger partial charge < -0.3 is 9.55 Å². The number of para-hydroxylation sites is 3. The summed E-state index contributed by atoms with van der Waals surface area (Å²) >= 11 is 0. The highest BCUT2D eigenvalue weighted by Gasteiger charge is 2.54. The van der Waals surface area contributed by atoms with Crippen LogP contribution in [0, 0.1) is 41.5 Å². The van der Waals surface area contributed by atoms with Gasteiger partial charge in [-0.15, -0.1) is 0 Å². The van der Waals surface area contributed by atoms with Crippen LogP contribution in [0.4, 0.5) is 17.1 Å². The molecule has 0 radical (unpaired) electrons. The third-order valence-electron chi connectivity index (χ3n) is 6.89. The van der Waals surface area contributed by atoms with Gasteiger partial charge in [-0.1, -0.05) is 65.7 Å². The number of nitrogens with one attached hydrogen (secondary N) is 1. The minimum Gasteiger partial charge on any atom is -0.385 e. The van der Waals surface area contributed by atoms with E-state index in [-0.39, 0.29) is 0 Å². The van der Waals surface area contributed by atoms with Gasteiger partial charge in [-0.05, 0) is 98.4 Å². The first kappa shape index (κ1) is 21.5. The van der Waals surface area contributed by atoms with Crippen LogP contribution >= 0.6 is 0 Å². The Kier molecular flexibility index (Phi) is 5.17. The number of benzene rings is 4. The first-order chi connectivity index (χ1) is 15.8. The lowest BCUT2D eigenvalue weighted by molar-refractivity contribution is 1.30. The summed E-state index contributed by atoms with van der Waals surface area (Å²) in [6.07, 6.45) is 0. The van der Waals surface area contributed by atoms with Crippen molar-refractivity contribution in [1.29, 1.82) is 0 Å². The molecule has 0 saturated carbocycles. The van der Waals surface area contributed by atoms with Gasteiger partial charge >= 0.3 is 8.40 Å². The van der Waals surface area contributed by atoms with Crippen molar-refractivity contribution in [3.63, 3.8) is 0 Å². The number of nitrogens with zero attached hydrogens (tertiary/aromatic N) is 1. The summed E-state index contributed by atoms with van der Waals surface area (Å²) in [6.45, 7) is 13.6. The highest BCUT2D eigenvalue weighted by molar-refractivity contribution is 7.09. The molecular formula is C30H32N2Si. The molecule has 5 rings (SSSR count). The quantitative estimate of drug-likeness (QED) is 0.367. The van der Waals surface area contributed by atoms with Crippen molar-refractivity contribution < 1.29 is 0 Å². The number of rotatable bonds is 3. The fourth-order valence-electron chi connectivity index (χ4n) is 6.09. The molecule has 2 nitrogen and oxygen atoms in total. The fourth-order valence-corrected chi connectivity index (χ4v) is 11.4. The van der Waals surface area contributed by atoms with Crippen molar-refractivity contribution in [2.24, 2.45) is 0 Å². The van der Waals surface area contributed by atoms with Crippen LogP contribution in [0.15, 0.2) is 78.9 Å². The molecule has 0 unspecified atom stereocenters. The van der Waals surface area contributed by atoms with Crippen LogP contribution in [0.2, 0.25) is 0 Å². The van der Waals surface area contributed by atoms with Crippen LogP contribution in [0.25, 0.3) is 0 Å². The van der Waals surface area contributed by atoms with E-state index in [1.54, 1.807) is 0 Å². The van der Waals surface area contributed by atoms with Gasteiger partial charge in [0.2, 0.25) is 0 Å². The molecule has 1 aliphatic heterocycles. The molecule has 0 aliphatic carbocycles. The minimum atomic E-state index is -2.70. The average Bonchev–Trinajstić information content (AvgIpc) is 3.07. The monoisotopic (exact) mass is 448 g/mol. The molecule has 0 fully saturated rings. The summed E-state index contributed by atoms with van der Waals surface area (Å²) in [6, 6.07) is 29.1.